The third-order valence-electron chi connectivity index (χ3n) is 6.73. The highest BCUT2D eigenvalue weighted by Crippen LogP contribution is 2.36. The Kier molecular flexibility index (Phi) is 6.99. The summed E-state index contributed by atoms with van der Waals surface area (Å²) in [6.07, 6.45) is -0.158. The first-order valence-corrected chi connectivity index (χ1v) is 12.4. The molecule has 0 spiro atoms. The van der Waals surface area contributed by atoms with E-state index in [2.05, 4.69) is 16.9 Å². The van der Waals surface area contributed by atoms with Crippen molar-refractivity contribution in [2.24, 2.45) is 0 Å². The van der Waals surface area contributed by atoms with Crippen molar-refractivity contribution in [3.05, 3.63) is 100 Å². The van der Waals surface area contributed by atoms with Gasteiger partial charge in [-0.3, -0.25) is 4.79 Å². The number of carbonyl (C=O) groups is 2. The first-order chi connectivity index (χ1) is 18.4. The third kappa shape index (κ3) is 4.78. The largest absolute Gasteiger partial charge is 0.445 e. The van der Waals surface area contributed by atoms with Gasteiger partial charge < -0.3 is 19.9 Å². The number of hydrogen-bond donors (Lipinski definition) is 1. The zero-order valence-electron chi connectivity index (χ0n) is 20.2. The van der Waals surface area contributed by atoms with E-state index in [0.717, 1.165) is 11.6 Å². The number of benzene rings is 2. The van der Waals surface area contributed by atoms with Crippen molar-refractivity contribution in [3.8, 4) is 6.07 Å². The van der Waals surface area contributed by atoms with Crippen LogP contribution < -0.4 is 5.32 Å². The Bertz CT molecular complexity index is 1420. The molecule has 0 saturated carbocycles. The minimum Gasteiger partial charge on any atom is -0.445 e. The molecular weight excluding hydrogens is 509 g/mol. The summed E-state index contributed by atoms with van der Waals surface area (Å²) < 4.78 is 20.3. The minimum absolute atomic E-state index is 0.0826. The molecule has 2 amide bonds. The van der Waals surface area contributed by atoms with Crippen LogP contribution in [0.5, 0.6) is 0 Å². The van der Waals surface area contributed by atoms with Crippen molar-refractivity contribution in [1.29, 1.82) is 5.26 Å². The van der Waals surface area contributed by atoms with E-state index < -0.39 is 24.0 Å². The molecule has 0 aliphatic carbocycles. The molecule has 10 heteroatoms. The molecule has 2 aromatic carbocycles. The predicted octanol–water partition coefficient (Wildman–Crippen LogP) is 5.06. The highest BCUT2D eigenvalue weighted by atomic mass is 35.5. The van der Waals surface area contributed by atoms with E-state index in [4.69, 9.17) is 21.6 Å². The van der Waals surface area contributed by atoms with E-state index in [1.165, 1.54) is 4.90 Å². The normalized spacial score (nSPS) is 18.7. The molecule has 2 aliphatic heterocycles. The van der Waals surface area contributed by atoms with Crippen LogP contribution >= 0.6 is 11.6 Å². The van der Waals surface area contributed by atoms with Gasteiger partial charge >= 0.3 is 6.09 Å². The van der Waals surface area contributed by atoms with Crippen LogP contribution in [0, 0.1) is 17.1 Å². The van der Waals surface area contributed by atoms with Crippen LogP contribution in [-0.4, -0.2) is 52.0 Å². The number of halogens is 2. The van der Waals surface area contributed by atoms with Gasteiger partial charge in [0.05, 0.1) is 17.6 Å². The molecule has 0 bridgehead atoms. The van der Waals surface area contributed by atoms with Crippen LogP contribution in [0.15, 0.2) is 67.2 Å². The van der Waals surface area contributed by atoms with Gasteiger partial charge in [-0.25, -0.2) is 14.2 Å². The number of hydrogen-bond acceptors (Lipinski definition) is 6. The van der Waals surface area contributed by atoms with Crippen LogP contribution in [0.3, 0.4) is 0 Å². The van der Waals surface area contributed by atoms with Crippen molar-refractivity contribution < 1.29 is 18.7 Å². The van der Waals surface area contributed by atoms with E-state index in [-0.39, 0.29) is 35.6 Å². The van der Waals surface area contributed by atoms with Gasteiger partial charge in [-0.15, -0.1) is 0 Å². The molecule has 38 heavy (non-hydrogen) atoms. The SMILES string of the molecule is C=C1c2ccccc2C(=O)N1[C@H]1CN(C(=O)OCc2ccccc2)CC[C@H]1Nc1nc(Cl)c(C#N)cc1F. The van der Waals surface area contributed by atoms with Crippen molar-refractivity contribution in [3.63, 3.8) is 0 Å². The lowest BCUT2D eigenvalue weighted by atomic mass is 9.97. The highest BCUT2D eigenvalue weighted by molar-refractivity contribution is 6.30. The van der Waals surface area contributed by atoms with Crippen LogP contribution in [0.1, 0.15) is 33.5 Å². The number of fused-ring (bicyclic) bond motifs is 1. The Labute approximate surface area is 223 Å². The number of rotatable bonds is 5. The van der Waals surface area contributed by atoms with Gasteiger partial charge in [0, 0.05) is 29.9 Å². The quantitative estimate of drug-likeness (QED) is 0.462. The Morgan fingerprint density at radius 2 is 1.92 bits per heavy atom. The summed E-state index contributed by atoms with van der Waals surface area (Å²) in [6, 6.07) is 18.2. The summed E-state index contributed by atoms with van der Waals surface area (Å²) >= 11 is 6.05. The predicted molar refractivity (Wildman–Crippen MR) is 140 cm³/mol. The lowest BCUT2D eigenvalue weighted by Crippen LogP contribution is -2.58. The fraction of sp³-hybridized carbons (Fsp3) is 0.214. The van der Waals surface area contributed by atoms with E-state index in [1.54, 1.807) is 23.1 Å². The molecule has 0 radical (unpaired) electrons. The average Bonchev–Trinajstić information content (AvgIpc) is 3.19. The summed E-state index contributed by atoms with van der Waals surface area (Å²) in [5.74, 6) is -1.14. The Hall–Kier alpha value is -4.42. The van der Waals surface area contributed by atoms with Gasteiger partial charge in [0.2, 0.25) is 0 Å². The van der Waals surface area contributed by atoms with Gasteiger partial charge in [-0.2, -0.15) is 5.26 Å². The number of pyridine rings is 1. The molecule has 3 heterocycles. The van der Waals surface area contributed by atoms with Crippen molar-refractivity contribution in [2.45, 2.75) is 25.1 Å². The van der Waals surface area contributed by atoms with E-state index in [9.17, 15) is 14.0 Å². The summed E-state index contributed by atoms with van der Waals surface area (Å²) in [5.41, 5.74) is 2.47. The Balaban J connectivity index is 1.41. The van der Waals surface area contributed by atoms with Gasteiger partial charge in [0.15, 0.2) is 11.6 Å². The van der Waals surface area contributed by atoms with Gasteiger partial charge in [-0.05, 0) is 24.1 Å². The molecule has 1 fully saturated rings. The van der Waals surface area contributed by atoms with Crippen LogP contribution in [-0.2, 0) is 11.3 Å². The van der Waals surface area contributed by atoms with Gasteiger partial charge in [0.1, 0.15) is 17.8 Å². The maximum atomic E-state index is 14.8. The standard InChI is InChI=1S/C28H23ClFN5O3/c1-17-20-9-5-6-10-21(20)27(36)35(17)24-15-34(28(37)38-16-18-7-3-2-4-8-18)12-11-23(24)32-26-22(30)13-19(14-31)25(29)33-26/h2-10,13,23-24H,1,11-12,15-16H2,(H,32,33)/t23-,24+/m1/s1. The maximum Gasteiger partial charge on any atom is 0.410 e. The van der Waals surface area contributed by atoms with Crippen LogP contribution in [0.25, 0.3) is 5.70 Å². The lowest BCUT2D eigenvalue weighted by molar-refractivity contribution is 0.0578. The number of carbonyl (C=O) groups excluding carboxylic acids is 2. The molecule has 1 N–H and O–H groups in total. The molecule has 2 atom stereocenters. The second-order valence-corrected chi connectivity index (χ2v) is 9.39. The number of likely N-dealkylation sites (tertiary alicyclic amines) is 1. The molecule has 2 aliphatic rings. The van der Waals surface area contributed by atoms with Gasteiger partial charge in [0.25, 0.3) is 5.91 Å². The van der Waals surface area contributed by atoms with Gasteiger partial charge in [-0.1, -0.05) is 66.7 Å². The smallest absolute Gasteiger partial charge is 0.410 e. The molecule has 3 aromatic rings. The molecule has 192 valence electrons. The summed E-state index contributed by atoms with van der Waals surface area (Å²) in [5, 5.41) is 12.0. The van der Waals surface area contributed by atoms with Crippen molar-refractivity contribution >= 4 is 35.1 Å². The maximum absolute atomic E-state index is 14.8. The molecular formula is C28H23ClFN5O3. The number of piperidine rings is 1. The zero-order chi connectivity index (χ0) is 26.8. The number of amides is 2. The van der Waals surface area contributed by atoms with E-state index in [0.29, 0.717) is 29.8 Å². The van der Waals surface area contributed by atoms with Crippen molar-refractivity contribution in [1.82, 2.24) is 14.8 Å². The summed E-state index contributed by atoms with van der Waals surface area (Å²) in [6.45, 7) is 4.67. The number of aromatic nitrogens is 1. The van der Waals surface area contributed by atoms with E-state index in [1.807, 2.05) is 42.5 Å². The lowest BCUT2D eigenvalue weighted by Gasteiger charge is -2.43. The molecule has 1 saturated heterocycles. The Morgan fingerprint density at radius 3 is 2.63 bits per heavy atom. The number of ether oxygens (including phenoxy) is 1. The summed E-state index contributed by atoms with van der Waals surface area (Å²) in [7, 11) is 0. The number of nitrogens with one attached hydrogen (secondary N) is 1. The molecule has 8 nitrogen and oxygen atoms in total. The fourth-order valence-electron chi connectivity index (χ4n) is 4.81. The number of anilines is 1. The monoisotopic (exact) mass is 531 g/mol. The molecule has 1 aromatic heterocycles. The minimum atomic E-state index is -0.746. The fourth-order valence-corrected chi connectivity index (χ4v) is 5.00. The zero-order valence-corrected chi connectivity index (χ0v) is 21.0. The average molecular weight is 532 g/mol. The van der Waals surface area contributed by atoms with Crippen LogP contribution in [0.4, 0.5) is 15.0 Å². The first-order valence-electron chi connectivity index (χ1n) is 12.0. The Morgan fingerprint density at radius 1 is 1.21 bits per heavy atom. The van der Waals surface area contributed by atoms with E-state index >= 15 is 0 Å². The second-order valence-electron chi connectivity index (χ2n) is 9.03. The summed E-state index contributed by atoms with van der Waals surface area (Å²) in [4.78, 5) is 33.5. The molecule has 0 unspecified atom stereocenters. The topological polar surface area (TPSA) is 98.6 Å². The van der Waals surface area contributed by atoms with Crippen LogP contribution in [0.2, 0.25) is 5.15 Å². The number of nitriles is 1. The molecule has 5 rings (SSSR count). The van der Waals surface area contributed by atoms with Crippen molar-refractivity contribution in [2.75, 3.05) is 18.4 Å². The third-order valence-corrected chi connectivity index (χ3v) is 7.02. The second kappa shape index (κ2) is 10.5. The highest BCUT2D eigenvalue weighted by Gasteiger charge is 2.43. The first kappa shape index (κ1) is 25.2. The number of nitrogens with zero attached hydrogens (tertiary/aromatic N) is 4.